The van der Waals surface area contributed by atoms with E-state index in [0.717, 1.165) is 51.4 Å². The summed E-state index contributed by atoms with van der Waals surface area (Å²) in [6.07, 6.45) is 6.59. The molecule has 8 nitrogen and oxygen atoms in total. The molecule has 0 amide bonds. The molecule has 0 fully saturated rings. The minimum atomic E-state index is -1.02. The summed E-state index contributed by atoms with van der Waals surface area (Å²) in [7, 11) is 0. The molecular formula is C14H30N4O4. The van der Waals surface area contributed by atoms with Crippen LogP contribution in [0, 0.1) is 0 Å². The van der Waals surface area contributed by atoms with Gasteiger partial charge in [0.25, 0.3) is 0 Å². The van der Waals surface area contributed by atoms with Gasteiger partial charge >= 0.3 is 11.9 Å². The van der Waals surface area contributed by atoms with Crippen molar-refractivity contribution >= 4 is 11.9 Å². The maximum absolute atomic E-state index is 11.1. The summed E-state index contributed by atoms with van der Waals surface area (Å²) in [4.78, 5) is 22.3. The van der Waals surface area contributed by atoms with Crippen LogP contribution < -0.4 is 22.9 Å². The summed E-state index contributed by atoms with van der Waals surface area (Å²) in [6.45, 7) is 0. The predicted octanol–water partition coefficient (Wildman–Crippen LogP) is 0.376. The molecule has 8 N–H and O–H groups in total. The van der Waals surface area contributed by atoms with Crippen LogP contribution in [0.1, 0.15) is 64.2 Å². The lowest BCUT2D eigenvalue weighted by atomic mass is 10.1. The first-order valence-corrected chi connectivity index (χ1v) is 7.83. The summed E-state index contributed by atoms with van der Waals surface area (Å²) >= 11 is 0. The van der Waals surface area contributed by atoms with Crippen molar-refractivity contribution in [3.63, 3.8) is 0 Å². The predicted molar refractivity (Wildman–Crippen MR) is 82.7 cm³/mol. The third-order valence-electron chi connectivity index (χ3n) is 3.05. The molecule has 8 heteroatoms. The first-order chi connectivity index (χ1) is 10.4. The van der Waals surface area contributed by atoms with Crippen molar-refractivity contribution in [1.29, 1.82) is 0 Å². The summed E-state index contributed by atoms with van der Waals surface area (Å²) in [5.74, 6) is -0.696. The van der Waals surface area contributed by atoms with E-state index in [2.05, 4.69) is 9.47 Å². The van der Waals surface area contributed by atoms with Gasteiger partial charge in [-0.3, -0.25) is 32.5 Å². The maximum Gasteiger partial charge on any atom is 0.308 e. The second kappa shape index (κ2) is 13.4. The van der Waals surface area contributed by atoms with Crippen LogP contribution in [0.4, 0.5) is 0 Å². The largest absolute Gasteiger partial charge is 0.433 e. The Hall–Kier alpha value is -1.22. The van der Waals surface area contributed by atoms with E-state index in [1.54, 1.807) is 0 Å². The fourth-order valence-corrected chi connectivity index (χ4v) is 2.02. The van der Waals surface area contributed by atoms with Crippen LogP contribution in [0.5, 0.6) is 0 Å². The number of ether oxygens (including phenoxy) is 2. The van der Waals surface area contributed by atoms with Gasteiger partial charge in [0, 0.05) is 12.8 Å². The number of carbonyl (C=O) groups is 2. The quantitative estimate of drug-likeness (QED) is 0.215. The lowest BCUT2D eigenvalue weighted by Gasteiger charge is -2.07. The Kier molecular flexibility index (Phi) is 12.7. The molecule has 0 heterocycles. The Morgan fingerprint density at radius 1 is 0.591 bits per heavy atom. The molecule has 0 unspecified atom stereocenters. The average molecular weight is 318 g/mol. The SMILES string of the molecule is NC(N)OC(=O)CCCCCCCCCCC(=O)OC(N)N. The monoisotopic (exact) mass is 318 g/mol. The highest BCUT2D eigenvalue weighted by Crippen LogP contribution is 2.11. The van der Waals surface area contributed by atoms with Crippen LogP contribution in [0.15, 0.2) is 0 Å². The van der Waals surface area contributed by atoms with Gasteiger partial charge in [-0.05, 0) is 12.8 Å². The number of hydrogen-bond acceptors (Lipinski definition) is 8. The molecule has 0 aliphatic carbocycles. The highest BCUT2D eigenvalue weighted by molar-refractivity contribution is 5.69. The summed E-state index contributed by atoms with van der Waals surface area (Å²) in [6, 6.07) is 0. The Morgan fingerprint density at radius 2 is 0.864 bits per heavy atom. The highest BCUT2D eigenvalue weighted by atomic mass is 16.6. The third kappa shape index (κ3) is 15.2. The lowest BCUT2D eigenvalue weighted by Crippen LogP contribution is -2.35. The van der Waals surface area contributed by atoms with Gasteiger partial charge < -0.3 is 9.47 Å². The number of rotatable bonds is 13. The van der Waals surface area contributed by atoms with Gasteiger partial charge in [-0.15, -0.1) is 0 Å². The molecule has 0 spiro atoms. The van der Waals surface area contributed by atoms with Crippen molar-refractivity contribution in [2.45, 2.75) is 76.9 Å². The number of esters is 2. The molecule has 0 radical (unpaired) electrons. The Morgan fingerprint density at radius 3 is 1.14 bits per heavy atom. The van der Waals surface area contributed by atoms with Gasteiger partial charge in [-0.1, -0.05) is 38.5 Å². The minimum Gasteiger partial charge on any atom is -0.433 e. The van der Waals surface area contributed by atoms with Crippen LogP contribution in [0.25, 0.3) is 0 Å². The number of nitrogens with two attached hydrogens (primary N) is 4. The molecule has 0 aromatic heterocycles. The van der Waals surface area contributed by atoms with Gasteiger partial charge in [0.2, 0.25) is 12.7 Å². The molecule has 0 rings (SSSR count). The van der Waals surface area contributed by atoms with E-state index in [4.69, 9.17) is 22.9 Å². The summed E-state index contributed by atoms with van der Waals surface area (Å²) < 4.78 is 9.26. The normalized spacial score (nSPS) is 11.0. The van der Waals surface area contributed by atoms with Crippen molar-refractivity contribution in [2.75, 3.05) is 0 Å². The summed E-state index contributed by atoms with van der Waals surface area (Å²) in [5, 5.41) is 0. The first-order valence-electron chi connectivity index (χ1n) is 7.83. The smallest absolute Gasteiger partial charge is 0.308 e. The van der Waals surface area contributed by atoms with E-state index < -0.39 is 12.7 Å². The fraction of sp³-hybridized carbons (Fsp3) is 0.857. The fourth-order valence-electron chi connectivity index (χ4n) is 2.02. The van der Waals surface area contributed by atoms with E-state index >= 15 is 0 Å². The Labute approximate surface area is 131 Å². The number of hydrogen-bond donors (Lipinski definition) is 4. The Balaban J connectivity index is 3.24. The van der Waals surface area contributed by atoms with Crippen LogP contribution >= 0.6 is 0 Å². The standard InChI is InChI=1S/C14H30N4O4/c15-13(16)21-11(19)9-7-5-3-1-2-4-6-8-10-12(20)22-14(17)18/h13-14H,1-10,15-18H2. The summed E-state index contributed by atoms with van der Waals surface area (Å²) in [5.41, 5.74) is 20.6. The van der Waals surface area contributed by atoms with Crippen LogP contribution in [-0.2, 0) is 19.1 Å². The van der Waals surface area contributed by atoms with E-state index in [0.29, 0.717) is 12.8 Å². The molecule has 0 aliphatic heterocycles. The van der Waals surface area contributed by atoms with Crippen LogP contribution in [-0.4, -0.2) is 24.6 Å². The van der Waals surface area contributed by atoms with Gasteiger partial charge in [0.05, 0.1) is 0 Å². The molecule has 130 valence electrons. The second-order valence-electron chi connectivity index (χ2n) is 5.24. The zero-order valence-corrected chi connectivity index (χ0v) is 13.2. The maximum atomic E-state index is 11.1. The molecule has 0 atom stereocenters. The van der Waals surface area contributed by atoms with E-state index in [9.17, 15) is 9.59 Å². The van der Waals surface area contributed by atoms with Gasteiger partial charge in [-0.25, -0.2) is 0 Å². The molecule has 0 saturated carbocycles. The number of carbonyl (C=O) groups excluding carboxylic acids is 2. The third-order valence-corrected chi connectivity index (χ3v) is 3.05. The van der Waals surface area contributed by atoms with Crippen molar-refractivity contribution < 1.29 is 19.1 Å². The molecule has 0 aromatic carbocycles. The molecule has 0 bridgehead atoms. The van der Waals surface area contributed by atoms with Gasteiger partial charge in [0.15, 0.2) is 0 Å². The molecular weight excluding hydrogens is 288 g/mol. The van der Waals surface area contributed by atoms with Crippen LogP contribution in [0.2, 0.25) is 0 Å². The molecule has 0 aromatic rings. The molecule has 0 aliphatic rings. The molecule has 0 saturated heterocycles. The highest BCUT2D eigenvalue weighted by Gasteiger charge is 2.06. The van der Waals surface area contributed by atoms with Crippen molar-refractivity contribution in [1.82, 2.24) is 0 Å². The minimum absolute atomic E-state index is 0.348. The van der Waals surface area contributed by atoms with Crippen LogP contribution in [0.3, 0.4) is 0 Å². The lowest BCUT2D eigenvalue weighted by molar-refractivity contribution is -0.149. The van der Waals surface area contributed by atoms with Crippen molar-refractivity contribution in [2.24, 2.45) is 22.9 Å². The van der Waals surface area contributed by atoms with Crippen molar-refractivity contribution in [3.05, 3.63) is 0 Å². The van der Waals surface area contributed by atoms with Gasteiger partial charge in [0.1, 0.15) is 0 Å². The average Bonchev–Trinajstić information content (AvgIpc) is 2.39. The van der Waals surface area contributed by atoms with Crippen molar-refractivity contribution in [3.8, 4) is 0 Å². The van der Waals surface area contributed by atoms with E-state index in [-0.39, 0.29) is 11.9 Å². The second-order valence-corrected chi connectivity index (χ2v) is 5.24. The molecule has 22 heavy (non-hydrogen) atoms. The topological polar surface area (TPSA) is 157 Å². The van der Waals surface area contributed by atoms with E-state index in [1.807, 2.05) is 0 Å². The Bertz CT molecular complexity index is 281. The number of unbranched alkanes of at least 4 members (excludes halogenated alkanes) is 7. The van der Waals surface area contributed by atoms with E-state index in [1.165, 1.54) is 0 Å². The van der Waals surface area contributed by atoms with Gasteiger partial charge in [-0.2, -0.15) is 0 Å². The zero-order valence-electron chi connectivity index (χ0n) is 13.2. The first kappa shape index (κ1) is 20.8. The zero-order chi connectivity index (χ0) is 16.8.